The fourth-order valence-corrected chi connectivity index (χ4v) is 3.70. The molecule has 1 saturated carbocycles. The van der Waals surface area contributed by atoms with Crippen molar-refractivity contribution in [2.24, 2.45) is 0 Å². The molecule has 98 valence electrons. The normalized spacial score (nSPS) is 27.3. The van der Waals surface area contributed by atoms with Gasteiger partial charge in [-0.1, -0.05) is 53.4 Å². The number of hydrogen-bond acceptors (Lipinski definition) is 2. The zero-order valence-corrected chi connectivity index (χ0v) is 12.2. The number of morpholine rings is 1. The number of halogens is 1. The highest BCUT2D eigenvalue weighted by Gasteiger charge is 2.37. The van der Waals surface area contributed by atoms with Gasteiger partial charge in [0, 0.05) is 16.6 Å². The van der Waals surface area contributed by atoms with Gasteiger partial charge in [-0.15, -0.1) is 0 Å². The van der Waals surface area contributed by atoms with Crippen molar-refractivity contribution in [1.82, 2.24) is 5.32 Å². The van der Waals surface area contributed by atoms with Crippen LogP contribution in [0, 0.1) is 0 Å². The zero-order chi connectivity index (χ0) is 12.4. The van der Waals surface area contributed by atoms with Crippen molar-refractivity contribution in [1.29, 1.82) is 0 Å². The maximum absolute atomic E-state index is 6.15. The Bertz CT molecular complexity index is 405. The lowest BCUT2D eigenvalue weighted by Crippen LogP contribution is -2.55. The van der Waals surface area contributed by atoms with Crippen LogP contribution in [-0.2, 0) is 4.74 Å². The lowest BCUT2D eigenvalue weighted by atomic mass is 9.81. The molecule has 2 fully saturated rings. The van der Waals surface area contributed by atoms with Gasteiger partial charge in [0.25, 0.3) is 0 Å². The van der Waals surface area contributed by atoms with Gasteiger partial charge in [-0.3, -0.25) is 0 Å². The molecular formula is C15H20BrNO. The van der Waals surface area contributed by atoms with Crippen LogP contribution in [0.25, 0.3) is 0 Å². The van der Waals surface area contributed by atoms with Crippen molar-refractivity contribution in [3.05, 3.63) is 34.3 Å². The molecule has 1 aromatic carbocycles. The van der Waals surface area contributed by atoms with Crippen LogP contribution in [0.15, 0.2) is 28.7 Å². The molecule has 1 saturated heterocycles. The summed E-state index contributed by atoms with van der Waals surface area (Å²) in [4.78, 5) is 0. The Morgan fingerprint density at radius 2 is 1.94 bits per heavy atom. The Morgan fingerprint density at radius 3 is 2.61 bits per heavy atom. The molecular weight excluding hydrogens is 290 g/mol. The topological polar surface area (TPSA) is 21.3 Å². The summed E-state index contributed by atoms with van der Waals surface area (Å²) in [6.45, 7) is 1.79. The molecule has 1 spiro atoms. The second kappa shape index (κ2) is 5.32. The van der Waals surface area contributed by atoms with Gasteiger partial charge in [-0.05, 0) is 24.5 Å². The van der Waals surface area contributed by atoms with E-state index in [1.54, 1.807) is 0 Å². The van der Waals surface area contributed by atoms with Crippen LogP contribution < -0.4 is 5.32 Å². The quantitative estimate of drug-likeness (QED) is 0.851. The molecule has 3 heteroatoms. The van der Waals surface area contributed by atoms with E-state index < -0.39 is 0 Å². The van der Waals surface area contributed by atoms with E-state index in [2.05, 4.69) is 39.4 Å². The average Bonchev–Trinajstić information content (AvgIpc) is 2.42. The molecule has 18 heavy (non-hydrogen) atoms. The van der Waals surface area contributed by atoms with Crippen LogP contribution in [0.4, 0.5) is 0 Å². The van der Waals surface area contributed by atoms with Crippen molar-refractivity contribution >= 4 is 15.9 Å². The van der Waals surface area contributed by atoms with Gasteiger partial charge >= 0.3 is 0 Å². The van der Waals surface area contributed by atoms with Crippen LogP contribution in [-0.4, -0.2) is 18.7 Å². The van der Waals surface area contributed by atoms with Gasteiger partial charge in [0.15, 0.2) is 0 Å². The summed E-state index contributed by atoms with van der Waals surface area (Å²) in [7, 11) is 0. The predicted octanol–water partition coefficient (Wildman–Crippen LogP) is 3.81. The first-order valence-corrected chi connectivity index (χ1v) is 7.69. The van der Waals surface area contributed by atoms with Gasteiger partial charge in [0.1, 0.15) is 0 Å². The highest BCUT2D eigenvalue weighted by molar-refractivity contribution is 9.10. The molecule has 3 rings (SSSR count). The van der Waals surface area contributed by atoms with Crippen LogP contribution in [0.1, 0.15) is 43.8 Å². The second-order valence-electron chi connectivity index (χ2n) is 5.54. The lowest BCUT2D eigenvalue weighted by molar-refractivity contribution is -0.0469. The van der Waals surface area contributed by atoms with Crippen molar-refractivity contribution < 1.29 is 4.74 Å². The lowest BCUT2D eigenvalue weighted by Gasteiger charge is -2.44. The van der Waals surface area contributed by atoms with E-state index in [1.807, 2.05) is 6.07 Å². The Balaban J connectivity index is 1.68. The maximum atomic E-state index is 6.15. The summed E-state index contributed by atoms with van der Waals surface area (Å²) in [6, 6.07) is 8.36. The highest BCUT2D eigenvalue weighted by atomic mass is 79.9. The fourth-order valence-electron chi connectivity index (χ4n) is 3.16. The van der Waals surface area contributed by atoms with Crippen LogP contribution in [0.2, 0.25) is 0 Å². The van der Waals surface area contributed by atoms with E-state index >= 15 is 0 Å². The van der Waals surface area contributed by atoms with Crippen molar-refractivity contribution in [3.8, 4) is 0 Å². The van der Waals surface area contributed by atoms with E-state index in [9.17, 15) is 0 Å². The Labute approximate surface area is 117 Å². The number of hydrogen-bond donors (Lipinski definition) is 1. The summed E-state index contributed by atoms with van der Waals surface area (Å²) in [6.07, 6.45) is 6.81. The zero-order valence-electron chi connectivity index (χ0n) is 10.6. The molecule has 1 atom stereocenters. The van der Waals surface area contributed by atoms with Crippen molar-refractivity contribution in [2.45, 2.75) is 43.7 Å². The summed E-state index contributed by atoms with van der Waals surface area (Å²) in [5.41, 5.74) is 1.53. The van der Waals surface area contributed by atoms with E-state index in [0.29, 0.717) is 0 Å². The molecule has 2 nitrogen and oxygen atoms in total. The Hall–Kier alpha value is -0.380. The predicted molar refractivity (Wildman–Crippen MR) is 76.7 cm³/mol. The highest BCUT2D eigenvalue weighted by Crippen LogP contribution is 2.35. The third-order valence-electron chi connectivity index (χ3n) is 4.29. The molecule has 1 unspecified atom stereocenters. The molecule has 0 bridgehead atoms. The molecule has 0 radical (unpaired) electrons. The van der Waals surface area contributed by atoms with Gasteiger partial charge in [0.05, 0.1) is 12.7 Å². The van der Waals surface area contributed by atoms with Crippen LogP contribution in [0.3, 0.4) is 0 Å². The minimum Gasteiger partial charge on any atom is -0.370 e. The first kappa shape index (κ1) is 12.6. The first-order chi connectivity index (χ1) is 8.79. The van der Waals surface area contributed by atoms with E-state index in [-0.39, 0.29) is 11.6 Å². The minimum atomic E-state index is 0.188. The summed E-state index contributed by atoms with van der Waals surface area (Å²) < 4.78 is 7.30. The largest absolute Gasteiger partial charge is 0.370 e. The van der Waals surface area contributed by atoms with Crippen LogP contribution in [0.5, 0.6) is 0 Å². The molecule has 2 aliphatic rings. The third-order valence-corrected chi connectivity index (χ3v) is 5.01. The summed E-state index contributed by atoms with van der Waals surface area (Å²) in [5, 5.41) is 3.76. The van der Waals surface area contributed by atoms with Gasteiger partial charge < -0.3 is 10.1 Å². The SMILES string of the molecule is Brc1ccccc1C1CNC2(CCCCC2)CO1. The molecule has 0 aromatic heterocycles. The molecule has 1 N–H and O–H groups in total. The Morgan fingerprint density at radius 1 is 1.17 bits per heavy atom. The molecule has 1 aliphatic carbocycles. The monoisotopic (exact) mass is 309 g/mol. The van der Waals surface area contributed by atoms with Crippen LogP contribution >= 0.6 is 15.9 Å². The van der Waals surface area contributed by atoms with Gasteiger partial charge in [0.2, 0.25) is 0 Å². The maximum Gasteiger partial charge on any atom is 0.0961 e. The first-order valence-electron chi connectivity index (χ1n) is 6.90. The van der Waals surface area contributed by atoms with Crippen molar-refractivity contribution in [2.75, 3.05) is 13.2 Å². The summed E-state index contributed by atoms with van der Waals surface area (Å²) in [5.74, 6) is 0. The average molecular weight is 310 g/mol. The number of rotatable bonds is 1. The molecule has 1 aliphatic heterocycles. The smallest absolute Gasteiger partial charge is 0.0961 e. The number of benzene rings is 1. The third kappa shape index (κ3) is 2.49. The van der Waals surface area contributed by atoms with Crippen molar-refractivity contribution in [3.63, 3.8) is 0 Å². The molecule has 0 amide bonds. The number of nitrogens with one attached hydrogen (secondary N) is 1. The van der Waals surface area contributed by atoms with E-state index in [0.717, 1.165) is 17.6 Å². The minimum absolute atomic E-state index is 0.188. The molecule has 1 heterocycles. The fraction of sp³-hybridized carbons (Fsp3) is 0.600. The van der Waals surface area contributed by atoms with E-state index in [4.69, 9.17) is 4.74 Å². The standard InChI is InChI=1S/C15H20BrNO/c16-13-7-3-2-6-12(13)14-10-17-15(11-18-14)8-4-1-5-9-15/h2-3,6-7,14,17H,1,4-5,8-11H2. The number of ether oxygens (including phenoxy) is 1. The molecule has 1 aromatic rings. The van der Waals surface area contributed by atoms with E-state index in [1.165, 1.54) is 37.7 Å². The Kier molecular flexibility index (Phi) is 3.73. The van der Waals surface area contributed by atoms with Gasteiger partial charge in [-0.25, -0.2) is 0 Å². The second-order valence-corrected chi connectivity index (χ2v) is 6.40. The summed E-state index contributed by atoms with van der Waals surface area (Å²) >= 11 is 3.61. The van der Waals surface area contributed by atoms with Gasteiger partial charge in [-0.2, -0.15) is 0 Å².